The van der Waals surface area contributed by atoms with Crippen molar-refractivity contribution in [1.29, 1.82) is 0 Å². The Kier molecular flexibility index (Phi) is 9.06. The minimum Gasteiger partial charge on any atom is -0.467 e. The molecule has 0 aromatic heterocycles. The molecule has 0 unspecified atom stereocenters. The predicted octanol–water partition coefficient (Wildman–Crippen LogP) is 3.18. The first kappa shape index (κ1) is 23.9. The molecule has 2 amide bonds. The summed E-state index contributed by atoms with van der Waals surface area (Å²) in [7, 11) is 2.83. The molecule has 2 aromatic carbocycles. The number of nitrogens with one attached hydrogen (secondary N) is 1. The lowest BCUT2D eigenvalue weighted by molar-refractivity contribution is -0.154. The number of hydrogen-bond acceptors (Lipinski definition) is 5. The van der Waals surface area contributed by atoms with Gasteiger partial charge in [0, 0.05) is 13.5 Å². The molecule has 0 aliphatic heterocycles. The lowest BCUT2D eigenvalue weighted by atomic mass is 10.00. The smallest absolute Gasteiger partial charge is 0.408 e. The van der Waals surface area contributed by atoms with Crippen LogP contribution in [0, 0.1) is 5.92 Å². The number of hydrogen-bond donors (Lipinski definition) is 1. The zero-order valence-corrected chi connectivity index (χ0v) is 18.4. The van der Waals surface area contributed by atoms with Crippen molar-refractivity contribution in [2.45, 2.75) is 39.0 Å². The largest absolute Gasteiger partial charge is 0.467 e. The average Bonchev–Trinajstić information content (AvgIpc) is 2.77. The molecule has 0 aliphatic rings. The highest BCUT2D eigenvalue weighted by molar-refractivity contribution is 5.89. The van der Waals surface area contributed by atoms with Gasteiger partial charge in [-0.15, -0.1) is 0 Å². The fourth-order valence-electron chi connectivity index (χ4n) is 3.34. The number of likely N-dealkylation sites (N-methyl/N-ethyl adjacent to an activating group) is 1. The number of carbonyl (C=O) groups excluding carboxylic acids is 3. The molecule has 2 atom stereocenters. The van der Waals surface area contributed by atoms with Crippen molar-refractivity contribution in [3.63, 3.8) is 0 Å². The Morgan fingerprint density at radius 2 is 1.48 bits per heavy atom. The maximum atomic E-state index is 13.3. The van der Waals surface area contributed by atoms with E-state index >= 15 is 0 Å². The molecule has 0 saturated carbocycles. The molecule has 0 fully saturated rings. The maximum Gasteiger partial charge on any atom is 0.408 e. The Labute approximate surface area is 183 Å². The SMILES string of the molecule is COC(=O)[C@H](C(C)C)N(C)C(=O)[C@H](Cc1ccccc1)NC(=O)OCc1ccccc1. The Bertz CT molecular complexity index is 855. The second-order valence-electron chi connectivity index (χ2n) is 7.61. The quantitative estimate of drug-likeness (QED) is 0.623. The van der Waals surface area contributed by atoms with Crippen LogP contribution in [0.3, 0.4) is 0 Å². The van der Waals surface area contributed by atoms with Crippen molar-refractivity contribution in [3.05, 3.63) is 71.8 Å². The summed E-state index contributed by atoms with van der Waals surface area (Å²) in [5.74, 6) is -1.07. The first-order chi connectivity index (χ1) is 14.8. The summed E-state index contributed by atoms with van der Waals surface area (Å²) in [5.41, 5.74) is 1.71. The van der Waals surface area contributed by atoms with Crippen LogP contribution in [0.5, 0.6) is 0 Å². The van der Waals surface area contributed by atoms with Crippen molar-refractivity contribution >= 4 is 18.0 Å². The number of methoxy groups -OCH3 is 1. The van der Waals surface area contributed by atoms with Gasteiger partial charge in [-0.1, -0.05) is 74.5 Å². The molecule has 0 radical (unpaired) electrons. The van der Waals surface area contributed by atoms with Crippen molar-refractivity contribution in [1.82, 2.24) is 10.2 Å². The Morgan fingerprint density at radius 1 is 0.935 bits per heavy atom. The minimum atomic E-state index is -0.901. The highest BCUT2D eigenvalue weighted by Crippen LogP contribution is 2.14. The van der Waals surface area contributed by atoms with Gasteiger partial charge in [0.15, 0.2) is 0 Å². The van der Waals surface area contributed by atoms with Gasteiger partial charge in [-0.3, -0.25) is 4.79 Å². The van der Waals surface area contributed by atoms with Crippen LogP contribution in [0.25, 0.3) is 0 Å². The van der Waals surface area contributed by atoms with E-state index in [1.54, 1.807) is 7.05 Å². The van der Waals surface area contributed by atoms with Crippen LogP contribution in [0.1, 0.15) is 25.0 Å². The van der Waals surface area contributed by atoms with Crippen LogP contribution in [0.2, 0.25) is 0 Å². The molecule has 1 N–H and O–H groups in total. The summed E-state index contributed by atoms with van der Waals surface area (Å²) in [5, 5.41) is 2.66. The van der Waals surface area contributed by atoms with Gasteiger partial charge in [0.25, 0.3) is 0 Å². The predicted molar refractivity (Wildman–Crippen MR) is 117 cm³/mol. The molecule has 0 spiro atoms. The molecule has 2 aromatic rings. The lowest BCUT2D eigenvalue weighted by Gasteiger charge is -2.32. The van der Waals surface area contributed by atoms with Gasteiger partial charge in [0.2, 0.25) is 5.91 Å². The standard InChI is InChI=1S/C24H30N2O5/c1-17(2)21(23(28)30-4)26(3)22(27)20(15-18-11-7-5-8-12-18)25-24(29)31-16-19-13-9-6-10-14-19/h5-14,17,20-21H,15-16H2,1-4H3,(H,25,29)/t20-,21-/m0/s1. The number of rotatable bonds is 9. The van der Waals surface area contributed by atoms with Crippen LogP contribution in [0.4, 0.5) is 4.79 Å². The third-order valence-electron chi connectivity index (χ3n) is 4.92. The second-order valence-corrected chi connectivity index (χ2v) is 7.61. The zero-order valence-electron chi connectivity index (χ0n) is 18.4. The van der Waals surface area contributed by atoms with Gasteiger partial charge in [-0.05, 0) is 17.0 Å². The van der Waals surface area contributed by atoms with Crippen LogP contribution in [0.15, 0.2) is 60.7 Å². The molecule has 7 nitrogen and oxygen atoms in total. The summed E-state index contributed by atoms with van der Waals surface area (Å²) in [6.07, 6.45) is -0.443. The lowest BCUT2D eigenvalue weighted by Crippen LogP contribution is -2.54. The van der Waals surface area contributed by atoms with Crippen LogP contribution in [-0.2, 0) is 32.1 Å². The number of alkyl carbamates (subject to hydrolysis) is 1. The van der Waals surface area contributed by atoms with E-state index in [1.807, 2.05) is 74.5 Å². The molecule has 0 heterocycles. The summed E-state index contributed by atoms with van der Waals surface area (Å²) in [4.78, 5) is 39.3. The number of carbonyl (C=O) groups is 3. The first-order valence-electron chi connectivity index (χ1n) is 10.2. The second kappa shape index (κ2) is 11.7. The summed E-state index contributed by atoms with van der Waals surface area (Å²) >= 11 is 0. The Hall–Kier alpha value is -3.35. The van der Waals surface area contributed by atoms with Gasteiger partial charge in [0.1, 0.15) is 18.7 Å². The van der Waals surface area contributed by atoms with E-state index in [1.165, 1.54) is 12.0 Å². The fourth-order valence-corrected chi connectivity index (χ4v) is 3.34. The molecule has 2 rings (SSSR count). The van der Waals surface area contributed by atoms with Crippen molar-refractivity contribution in [2.24, 2.45) is 5.92 Å². The summed E-state index contributed by atoms with van der Waals surface area (Å²) in [6.45, 7) is 3.75. The number of amides is 2. The third kappa shape index (κ3) is 7.13. The Balaban J connectivity index is 2.15. The maximum absolute atomic E-state index is 13.3. The summed E-state index contributed by atoms with van der Waals surface area (Å²) < 4.78 is 10.2. The zero-order chi connectivity index (χ0) is 22.8. The van der Waals surface area contributed by atoms with E-state index in [4.69, 9.17) is 9.47 Å². The fraction of sp³-hybridized carbons (Fsp3) is 0.375. The molecule has 0 bridgehead atoms. The number of benzene rings is 2. The van der Waals surface area contributed by atoms with Crippen LogP contribution < -0.4 is 5.32 Å². The molecule has 7 heteroatoms. The van der Waals surface area contributed by atoms with Crippen molar-refractivity contribution < 1.29 is 23.9 Å². The van der Waals surface area contributed by atoms with E-state index < -0.39 is 30.1 Å². The van der Waals surface area contributed by atoms with Gasteiger partial charge in [-0.25, -0.2) is 9.59 Å². The third-order valence-corrected chi connectivity index (χ3v) is 4.92. The van der Waals surface area contributed by atoms with E-state index in [0.29, 0.717) is 0 Å². The topological polar surface area (TPSA) is 84.9 Å². The Morgan fingerprint density at radius 3 is 2.00 bits per heavy atom. The number of nitrogens with zero attached hydrogens (tertiary/aromatic N) is 1. The molecule has 0 saturated heterocycles. The molecule has 166 valence electrons. The average molecular weight is 427 g/mol. The normalized spacial score (nSPS) is 12.5. The monoisotopic (exact) mass is 426 g/mol. The van der Waals surface area contributed by atoms with Crippen LogP contribution in [-0.4, -0.2) is 49.1 Å². The van der Waals surface area contributed by atoms with Crippen molar-refractivity contribution in [2.75, 3.05) is 14.2 Å². The van der Waals surface area contributed by atoms with E-state index in [9.17, 15) is 14.4 Å². The molecular weight excluding hydrogens is 396 g/mol. The molecule has 0 aliphatic carbocycles. The van der Waals surface area contributed by atoms with Gasteiger partial charge >= 0.3 is 12.1 Å². The molecule has 31 heavy (non-hydrogen) atoms. The van der Waals surface area contributed by atoms with Gasteiger partial charge in [-0.2, -0.15) is 0 Å². The van der Waals surface area contributed by atoms with Crippen molar-refractivity contribution in [3.8, 4) is 0 Å². The van der Waals surface area contributed by atoms with E-state index in [0.717, 1.165) is 11.1 Å². The minimum absolute atomic E-state index is 0.0888. The highest BCUT2D eigenvalue weighted by atomic mass is 16.5. The van der Waals surface area contributed by atoms with Gasteiger partial charge in [0.05, 0.1) is 7.11 Å². The van der Waals surface area contributed by atoms with Gasteiger partial charge < -0.3 is 19.7 Å². The van der Waals surface area contributed by atoms with Crippen LogP contribution >= 0.6 is 0 Å². The number of ether oxygens (including phenoxy) is 2. The molecular formula is C24H30N2O5. The first-order valence-corrected chi connectivity index (χ1v) is 10.2. The highest BCUT2D eigenvalue weighted by Gasteiger charge is 2.34. The van der Waals surface area contributed by atoms with E-state index in [-0.39, 0.29) is 18.9 Å². The van der Waals surface area contributed by atoms with E-state index in [2.05, 4.69) is 5.32 Å². The summed E-state index contributed by atoms with van der Waals surface area (Å²) in [6, 6.07) is 16.9. The number of esters is 1.